The maximum Gasteiger partial charge on any atom is 0.127 e. The van der Waals surface area contributed by atoms with Gasteiger partial charge < -0.3 is 9.80 Å². The van der Waals surface area contributed by atoms with Crippen LogP contribution in [0, 0.1) is 23.7 Å². The van der Waals surface area contributed by atoms with Crippen LogP contribution in [0.3, 0.4) is 0 Å². The molecule has 0 aromatic carbocycles. The standard InChI is InChI=1S/C21H36N2/c1-2-4-6-20(5-3-1)22-7-9-23(10-8-22)21-18-12-16-11-17(14-18)15-19(21)13-16/h16-21H,1-15H2/p+2. The molecule has 4 bridgehead atoms. The van der Waals surface area contributed by atoms with Crippen LogP contribution < -0.4 is 9.80 Å². The summed E-state index contributed by atoms with van der Waals surface area (Å²) in [6.07, 6.45) is 17.2. The number of piperazine rings is 1. The first-order valence-corrected chi connectivity index (χ1v) is 11.1. The van der Waals surface area contributed by atoms with Gasteiger partial charge >= 0.3 is 0 Å². The molecular formula is C21H38N2+2. The molecule has 2 heteroatoms. The lowest BCUT2D eigenvalue weighted by atomic mass is 9.54. The van der Waals surface area contributed by atoms with Gasteiger partial charge in [-0.1, -0.05) is 12.8 Å². The third-order valence-corrected chi connectivity index (χ3v) is 8.67. The van der Waals surface area contributed by atoms with E-state index >= 15 is 0 Å². The van der Waals surface area contributed by atoms with Crippen molar-refractivity contribution in [3.8, 4) is 0 Å². The molecule has 5 aliphatic carbocycles. The Balaban J connectivity index is 1.20. The van der Waals surface area contributed by atoms with Crippen molar-refractivity contribution in [2.75, 3.05) is 26.2 Å². The summed E-state index contributed by atoms with van der Waals surface area (Å²) in [6, 6.07) is 2.11. The molecule has 0 spiro atoms. The van der Waals surface area contributed by atoms with Gasteiger partial charge in [-0.05, 0) is 69.6 Å². The Hall–Kier alpha value is -0.0800. The van der Waals surface area contributed by atoms with Gasteiger partial charge in [0, 0.05) is 11.8 Å². The van der Waals surface area contributed by atoms with Crippen LogP contribution in [0.1, 0.15) is 70.6 Å². The van der Waals surface area contributed by atoms with Gasteiger partial charge in [-0.2, -0.15) is 0 Å². The molecule has 0 radical (unpaired) electrons. The largest absolute Gasteiger partial charge is 0.323 e. The first-order chi connectivity index (χ1) is 11.4. The highest BCUT2D eigenvalue weighted by atomic mass is 15.3. The minimum atomic E-state index is 1.03. The first-order valence-electron chi connectivity index (χ1n) is 11.1. The predicted octanol–water partition coefficient (Wildman–Crippen LogP) is 1.32. The molecule has 6 fully saturated rings. The van der Waals surface area contributed by atoms with Crippen molar-refractivity contribution in [1.29, 1.82) is 0 Å². The SMILES string of the molecule is C1CCCC([NH+]2CC[NH+](C3C4CC5CC(C4)CC3C5)CC2)CC1. The van der Waals surface area contributed by atoms with E-state index < -0.39 is 0 Å². The maximum absolute atomic E-state index is 2.05. The van der Waals surface area contributed by atoms with E-state index in [0.29, 0.717) is 0 Å². The van der Waals surface area contributed by atoms with Gasteiger partial charge in [0.15, 0.2) is 0 Å². The zero-order valence-electron chi connectivity index (χ0n) is 15.1. The molecule has 0 aromatic heterocycles. The van der Waals surface area contributed by atoms with Crippen LogP contribution in [-0.4, -0.2) is 38.3 Å². The van der Waals surface area contributed by atoms with Crippen molar-refractivity contribution in [2.24, 2.45) is 23.7 Å². The van der Waals surface area contributed by atoms with E-state index in [2.05, 4.69) is 4.90 Å². The Morgan fingerprint density at radius 2 is 1.04 bits per heavy atom. The van der Waals surface area contributed by atoms with Crippen molar-refractivity contribution in [3.05, 3.63) is 0 Å². The van der Waals surface area contributed by atoms with Crippen LogP contribution in [0.2, 0.25) is 0 Å². The summed E-state index contributed by atoms with van der Waals surface area (Å²) in [5.41, 5.74) is 0. The zero-order chi connectivity index (χ0) is 15.2. The Morgan fingerprint density at radius 3 is 1.61 bits per heavy atom. The van der Waals surface area contributed by atoms with Crippen LogP contribution in [0.25, 0.3) is 0 Å². The van der Waals surface area contributed by atoms with Gasteiger partial charge in [0.1, 0.15) is 26.2 Å². The Bertz CT molecular complexity index is 376. The molecule has 2 N–H and O–H groups in total. The number of quaternary nitrogens is 2. The molecule has 0 unspecified atom stereocenters. The molecule has 1 saturated heterocycles. The topological polar surface area (TPSA) is 8.88 Å². The van der Waals surface area contributed by atoms with E-state index in [-0.39, 0.29) is 0 Å². The fraction of sp³-hybridized carbons (Fsp3) is 1.00. The summed E-state index contributed by atoms with van der Waals surface area (Å²) < 4.78 is 0. The van der Waals surface area contributed by atoms with E-state index in [1.165, 1.54) is 64.7 Å². The molecule has 2 nitrogen and oxygen atoms in total. The Labute approximate surface area is 143 Å². The summed E-state index contributed by atoms with van der Waals surface area (Å²) in [4.78, 5) is 4.05. The molecule has 6 rings (SSSR count). The molecule has 6 aliphatic rings. The molecule has 23 heavy (non-hydrogen) atoms. The smallest absolute Gasteiger partial charge is 0.127 e. The van der Waals surface area contributed by atoms with Crippen LogP contribution >= 0.6 is 0 Å². The van der Waals surface area contributed by atoms with Crippen molar-refractivity contribution in [3.63, 3.8) is 0 Å². The number of nitrogens with one attached hydrogen (secondary N) is 2. The van der Waals surface area contributed by atoms with Gasteiger partial charge in [0.2, 0.25) is 0 Å². The van der Waals surface area contributed by atoms with Crippen LogP contribution in [-0.2, 0) is 0 Å². The van der Waals surface area contributed by atoms with E-state index in [1.807, 2.05) is 4.90 Å². The molecule has 130 valence electrons. The lowest BCUT2D eigenvalue weighted by molar-refractivity contribution is -1.04. The normalized spacial score (nSPS) is 50.9. The number of hydrogen-bond donors (Lipinski definition) is 2. The number of hydrogen-bond acceptors (Lipinski definition) is 0. The van der Waals surface area contributed by atoms with Gasteiger partial charge in [-0.25, -0.2) is 0 Å². The lowest BCUT2D eigenvalue weighted by Crippen LogP contribution is -3.31. The van der Waals surface area contributed by atoms with E-state index in [4.69, 9.17) is 0 Å². The third-order valence-electron chi connectivity index (χ3n) is 8.67. The highest BCUT2D eigenvalue weighted by Crippen LogP contribution is 2.52. The Kier molecular flexibility index (Phi) is 4.18. The number of rotatable bonds is 2. The fourth-order valence-electron chi connectivity index (χ4n) is 7.91. The third kappa shape index (κ3) is 2.88. The maximum atomic E-state index is 2.05. The first kappa shape index (κ1) is 15.2. The summed E-state index contributed by atoms with van der Waals surface area (Å²) in [6.45, 7) is 5.98. The van der Waals surface area contributed by atoms with Gasteiger partial charge in [0.25, 0.3) is 0 Å². The van der Waals surface area contributed by atoms with E-state index in [9.17, 15) is 0 Å². The average molecular weight is 319 g/mol. The summed E-state index contributed by atoms with van der Waals surface area (Å²) >= 11 is 0. The van der Waals surface area contributed by atoms with Gasteiger partial charge in [0.05, 0.1) is 12.1 Å². The lowest BCUT2D eigenvalue weighted by Gasteiger charge is -2.55. The molecule has 0 atom stereocenters. The zero-order valence-corrected chi connectivity index (χ0v) is 15.1. The predicted molar refractivity (Wildman–Crippen MR) is 93.7 cm³/mol. The summed E-state index contributed by atoms with van der Waals surface area (Å²) in [5.74, 6) is 4.54. The van der Waals surface area contributed by atoms with Crippen LogP contribution in [0.15, 0.2) is 0 Å². The second-order valence-electron chi connectivity index (χ2n) is 9.96. The van der Waals surface area contributed by atoms with Crippen molar-refractivity contribution < 1.29 is 9.80 Å². The van der Waals surface area contributed by atoms with Crippen LogP contribution in [0.5, 0.6) is 0 Å². The van der Waals surface area contributed by atoms with E-state index in [1.54, 1.807) is 32.1 Å². The molecule has 0 aromatic rings. The summed E-state index contributed by atoms with van der Waals surface area (Å²) in [7, 11) is 0. The highest BCUT2D eigenvalue weighted by molar-refractivity contribution is 4.98. The quantitative estimate of drug-likeness (QED) is 0.711. The second-order valence-corrected chi connectivity index (χ2v) is 9.96. The second kappa shape index (κ2) is 6.33. The Morgan fingerprint density at radius 1 is 0.522 bits per heavy atom. The minimum absolute atomic E-state index is 1.03. The summed E-state index contributed by atoms with van der Waals surface area (Å²) in [5, 5.41) is 0. The highest BCUT2D eigenvalue weighted by Gasteiger charge is 2.53. The molecule has 0 amide bonds. The van der Waals surface area contributed by atoms with Crippen molar-refractivity contribution in [1.82, 2.24) is 0 Å². The monoisotopic (exact) mass is 318 g/mol. The molecular weight excluding hydrogens is 280 g/mol. The fourth-order valence-corrected chi connectivity index (χ4v) is 7.91. The van der Waals surface area contributed by atoms with Gasteiger partial charge in [-0.3, -0.25) is 0 Å². The minimum Gasteiger partial charge on any atom is -0.323 e. The average Bonchev–Trinajstić information content (AvgIpc) is 2.84. The van der Waals surface area contributed by atoms with Gasteiger partial charge in [-0.15, -0.1) is 0 Å². The molecule has 1 aliphatic heterocycles. The van der Waals surface area contributed by atoms with E-state index in [0.717, 1.165) is 35.8 Å². The van der Waals surface area contributed by atoms with Crippen LogP contribution in [0.4, 0.5) is 0 Å². The molecule has 5 saturated carbocycles. The van der Waals surface area contributed by atoms with Crippen molar-refractivity contribution >= 4 is 0 Å². The van der Waals surface area contributed by atoms with Crippen molar-refractivity contribution in [2.45, 2.75) is 82.7 Å². The molecule has 1 heterocycles.